The van der Waals surface area contributed by atoms with Gasteiger partial charge in [-0.2, -0.15) is 0 Å². The second-order valence-corrected chi connectivity index (χ2v) is 6.60. The van der Waals surface area contributed by atoms with Crippen LogP contribution >= 0.6 is 11.3 Å². The number of nitrogens with zero attached hydrogens (tertiary/aromatic N) is 1. The molecule has 0 bridgehead atoms. The van der Waals surface area contributed by atoms with Gasteiger partial charge >= 0.3 is 5.97 Å². The van der Waals surface area contributed by atoms with E-state index in [9.17, 15) is 9.59 Å². The molecular formula is C20H18N2O3S. The first-order valence-electron chi connectivity index (χ1n) is 8.12. The topological polar surface area (TPSA) is 68.3 Å². The molecule has 0 aliphatic rings. The predicted octanol–water partition coefficient (Wildman–Crippen LogP) is 3.59. The molecule has 1 amide bonds. The van der Waals surface area contributed by atoms with Crippen LogP contribution in [-0.4, -0.2) is 23.5 Å². The maximum absolute atomic E-state index is 12.0. The van der Waals surface area contributed by atoms with Gasteiger partial charge < -0.3 is 10.1 Å². The summed E-state index contributed by atoms with van der Waals surface area (Å²) in [4.78, 5) is 28.2. The lowest BCUT2D eigenvalue weighted by molar-refractivity contribution is -0.124. The summed E-state index contributed by atoms with van der Waals surface area (Å²) >= 11 is 1.36. The molecule has 1 aromatic heterocycles. The van der Waals surface area contributed by atoms with Crippen LogP contribution in [0.4, 0.5) is 0 Å². The molecule has 6 heteroatoms. The Morgan fingerprint density at radius 2 is 1.81 bits per heavy atom. The summed E-state index contributed by atoms with van der Waals surface area (Å²) < 4.78 is 5.04. The zero-order chi connectivity index (χ0) is 18.4. The van der Waals surface area contributed by atoms with E-state index in [4.69, 9.17) is 4.74 Å². The molecule has 0 unspecified atom stereocenters. The number of aromatic nitrogens is 1. The Bertz CT molecular complexity index is 889. The molecule has 26 heavy (non-hydrogen) atoms. The molecule has 0 saturated carbocycles. The van der Waals surface area contributed by atoms with Crippen molar-refractivity contribution in [3.8, 4) is 10.6 Å². The highest BCUT2D eigenvalue weighted by Gasteiger charge is 2.14. The summed E-state index contributed by atoms with van der Waals surface area (Å²) in [5.41, 5.74) is 3.29. The summed E-state index contributed by atoms with van der Waals surface area (Å²) in [6.07, 6.45) is 0. The molecule has 3 aromatic rings. The number of benzene rings is 2. The van der Waals surface area contributed by atoms with Crippen LogP contribution in [0.2, 0.25) is 0 Å². The average Bonchev–Trinajstić information content (AvgIpc) is 3.17. The van der Waals surface area contributed by atoms with E-state index in [0.29, 0.717) is 6.54 Å². The van der Waals surface area contributed by atoms with Crippen molar-refractivity contribution in [2.75, 3.05) is 6.61 Å². The lowest BCUT2D eigenvalue weighted by Gasteiger charge is -2.06. The highest BCUT2D eigenvalue weighted by atomic mass is 32.1. The minimum Gasteiger partial charge on any atom is -0.451 e. The normalized spacial score (nSPS) is 10.3. The van der Waals surface area contributed by atoms with E-state index in [1.165, 1.54) is 11.3 Å². The lowest BCUT2D eigenvalue weighted by Crippen LogP contribution is -2.28. The number of amides is 1. The molecule has 0 atom stereocenters. The van der Waals surface area contributed by atoms with Gasteiger partial charge in [0.25, 0.3) is 5.91 Å². The zero-order valence-corrected chi connectivity index (χ0v) is 15.1. The number of rotatable bonds is 6. The van der Waals surface area contributed by atoms with Gasteiger partial charge in [0.2, 0.25) is 0 Å². The highest BCUT2D eigenvalue weighted by Crippen LogP contribution is 2.23. The van der Waals surface area contributed by atoms with E-state index in [1.807, 2.05) is 61.5 Å². The van der Waals surface area contributed by atoms with Gasteiger partial charge in [-0.25, -0.2) is 9.78 Å². The minimum absolute atomic E-state index is 0.209. The number of esters is 1. The molecule has 3 rings (SSSR count). The molecule has 2 aromatic carbocycles. The van der Waals surface area contributed by atoms with Crippen LogP contribution in [0.3, 0.4) is 0 Å². The molecule has 0 fully saturated rings. The minimum atomic E-state index is -0.603. The first-order valence-corrected chi connectivity index (χ1v) is 9.00. The van der Waals surface area contributed by atoms with E-state index in [2.05, 4.69) is 10.3 Å². The fourth-order valence-electron chi connectivity index (χ4n) is 2.24. The second kappa shape index (κ2) is 8.40. The Kier molecular flexibility index (Phi) is 5.76. The summed E-state index contributed by atoms with van der Waals surface area (Å²) in [5.74, 6) is -0.952. The molecule has 1 N–H and O–H groups in total. The van der Waals surface area contributed by atoms with Gasteiger partial charge in [0.05, 0.1) is 0 Å². The number of hydrogen-bond donors (Lipinski definition) is 1. The maximum Gasteiger partial charge on any atom is 0.358 e. The third-order valence-electron chi connectivity index (χ3n) is 3.68. The smallest absolute Gasteiger partial charge is 0.358 e. The molecular weight excluding hydrogens is 348 g/mol. The number of ether oxygens (including phenoxy) is 1. The highest BCUT2D eigenvalue weighted by molar-refractivity contribution is 7.13. The Hall–Kier alpha value is -2.99. The molecule has 0 saturated heterocycles. The van der Waals surface area contributed by atoms with Crippen LogP contribution in [0.1, 0.15) is 21.6 Å². The average molecular weight is 366 g/mol. The standard InChI is InChI=1S/C20H18N2O3S/c1-14-7-9-15(10-8-14)11-21-18(23)12-25-20(24)17-13-26-19(22-17)16-5-3-2-4-6-16/h2-10,13H,11-12H2,1H3,(H,21,23). The van der Waals surface area contributed by atoms with Crippen LogP contribution in [-0.2, 0) is 16.1 Å². The fourth-order valence-corrected chi connectivity index (χ4v) is 3.04. The number of hydrogen-bond acceptors (Lipinski definition) is 5. The van der Waals surface area contributed by atoms with Crippen molar-refractivity contribution in [1.82, 2.24) is 10.3 Å². The van der Waals surface area contributed by atoms with E-state index in [0.717, 1.165) is 21.7 Å². The van der Waals surface area contributed by atoms with E-state index in [-0.39, 0.29) is 18.2 Å². The number of carbonyl (C=O) groups excluding carboxylic acids is 2. The lowest BCUT2D eigenvalue weighted by atomic mass is 10.1. The maximum atomic E-state index is 12.0. The van der Waals surface area contributed by atoms with Gasteiger partial charge in [-0.1, -0.05) is 60.2 Å². The van der Waals surface area contributed by atoms with Crippen molar-refractivity contribution in [1.29, 1.82) is 0 Å². The van der Waals surface area contributed by atoms with Gasteiger partial charge in [-0.05, 0) is 12.5 Å². The molecule has 0 aliphatic heterocycles. The Balaban J connectivity index is 1.48. The van der Waals surface area contributed by atoms with Gasteiger partial charge in [0.15, 0.2) is 12.3 Å². The SMILES string of the molecule is Cc1ccc(CNC(=O)COC(=O)c2csc(-c3ccccc3)n2)cc1. The number of carbonyl (C=O) groups is 2. The number of thiazole rings is 1. The van der Waals surface area contributed by atoms with Crippen molar-refractivity contribution >= 4 is 23.2 Å². The summed E-state index contributed by atoms with van der Waals surface area (Å²) in [5, 5.41) is 5.09. The summed E-state index contributed by atoms with van der Waals surface area (Å²) in [6.45, 7) is 2.07. The van der Waals surface area contributed by atoms with Gasteiger partial charge in [-0.3, -0.25) is 4.79 Å². The monoisotopic (exact) mass is 366 g/mol. The number of aryl methyl sites for hydroxylation is 1. The van der Waals surface area contributed by atoms with Gasteiger partial charge in [0.1, 0.15) is 5.01 Å². The van der Waals surface area contributed by atoms with E-state index in [1.54, 1.807) is 5.38 Å². The fraction of sp³-hybridized carbons (Fsp3) is 0.150. The largest absolute Gasteiger partial charge is 0.451 e. The Morgan fingerprint density at radius 3 is 2.54 bits per heavy atom. The molecule has 1 heterocycles. The van der Waals surface area contributed by atoms with Crippen LogP contribution < -0.4 is 5.32 Å². The van der Waals surface area contributed by atoms with Crippen LogP contribution in [0.25, 0.3) is 10.6 Å². The first kappa shape index (κ1) is 17.8. The first-order chi connectivity index (χ1) is 12.6. The third kappa shape index (κ3) is 4.77. The molecule has 132 valence electrons. The summed E-state index contributed by atoms with van der Waals surface area (Å²) in [7, 11) is 0. The van der Waals surface area contributed by atoms with E-state index >= 15 is 0 Å². The molecule has 5 nitrogen and oxygen atoms in total. The van der Waals surface area contributed by atoms with Crippen LogP contribution in [0, 0.1) is 6.92 Å². The van der Waals surface area contributed by atoms with Crippen molar-refractivity contribution in [3.05, 3.63) is 76.8 Å². The molecule has 0 radical (unpaired) electrons. The third-order valence-corrected chi connectivity index (χ3v) is 4.57. The predicted molar refractivity (Wildman–Crippen MR) is 101 cm³/mol. The summed E-state index contributed by atoms with van der Waals surface area (Å²) in [6, 6.07) is 17.4. The second-order valence-electron chi connectivity index (χ2n) is 5.74. The van der Waals surface area contributed by atoms with Crippen molar-refractivity contribution in [3.63, 3.8) is 0 Å². The Morgan fingerprint density at radius 1 is 1.08 bits per heavy atom. The zero-order valence-electron chi connectivity index (χ0n) is 14.3. The van der Waals surface area contributed by atoms with Crippen LogP contribution in [0.5, 0.6) is 0 Å². The van der Waals surface area contributed by atoms with Gasteiger partial charge in [0, 0.05) is 17.5 Å². The quantitative estimate of drug-likeness (QED) is 0.677. The van der Waals surface area contributed by atoms with Gasteiger partial charge in [-0.15, -0.1) is 11.3 Å². The molecule has 0 spiro atoms. The molecule has 0 aliphatic carbocycles. The van der Waals surface area contributed by atoms with E-state index < -0.39 is 5.97 Å². The number of nitrogens with one attached hydrogen (secondary N) is 1. The Labute approximate surface area is 155 Å². The van der Waals surface area contributed by atoms with Crippen molar-refractivity contribution in [2.45, 2.75) is 13.5 Å². The van der Waals surface area contributed by atoms with Crippen molar-refractivity contribution < 1.29 is 14.3 Å². The van der Waals surface area contributed by atoms with Crippen molar-refractivity contribution in [2.24, 2.45) is 0 Å². The van der Waals surface area contributed by atoms with Crippen LogP contribution in [0.15, 0.2) is 60.0 Å².